The molecule has 0 aliphatic heterocycles. The second-order valence-corrected chi connectivity index (χ2v) is 5.56. The van der Waals surface area contributed by atoms with Gasteiger partial charge in [0.2, 0.25) is 0 Å². The zero-order chi connectivity index (χ0) is 13.8. The van der Waals surface area contributed by atoms with E-state index in [4.69, 9.17) is 34.7 Å². The molecule has 0 amide bonds. The van der Waals surface area contributed by atoms with Gasteiger partial charge in [-0.25, -0.2) is 0 Å². The third-order valence-electron chi connectivity index (χ3n) is 2.51. The first kappa shape index (κ1) is 14.0. The Morgan fingerprint density at radius 1 is 1.00 bits per heavy atom. The molecule has 0 saturated heterocycles. The van der Waals surface area contributed by atoms with Gasteiger partial charge in [-0.2, -0.15) is 0 Å². The van der Waals surface area contributed by atoms with Crippen molar-refractivity contribution in [2.45, 2.75) is 0 Å². The zero-order valence-corrected chi connectivity index (χ0v) is 12.3. The highest BCUT2D eigenvalue weighted by Crippen LogP contribution is 2.28. The normalized spacial score (nSPS) is 12.7. The maximum absolute atomic E-state index is 6.10. The van der Waals surface area contributed by atoms with Gasteiger partial charge < -0.3 is 11.5 Å². The predicted molar refractivity (Wildman–Crippen MR) is 85.1 cm³/mol. The predicted octanol–water partition coefficient (Wildman–Crippen LogP) is 4.35. The first-order valence-corrected chi connectivity index (χ1v) is 7.14. The monoisotopic (exact) mass is 310 g/mol. The number of allylic oxidation sites excluding steroid dienone is 2. The molecule has 2 nitrogen and oxygen atoms in total. The van der Waals surface area contributed by atoms with Gasteiger partial charge in [0, 0.05) is 21.8 Å². The Bertz CT molecular complexity index is 631. The Morgan fingerprint density at radius 2 is 1.74 bits per heavy atom. The molecule has 0 radical (unpaired) electrons. The highest BCUT2D eigenvalue weighted by Gasteiger charge is 2.05. The van der Waals surface area contributed by atoms with E-state index in [-0.39, 0.29) is 0 Å². The van der Waals surface area contributed by atoms with Crippen molar-refractivity contribution in [2.24, 2.45) is 11.5 Å². The highest BCUT2D eigenvalue weighted by atomic mass is 35.5. The minimum Gasteiger partial charge on any atom is -0.398 e. The van der Waals surface area contributed by atoms with Crippen LogP contribution in [0, 0.1) is 0 Å². The molecule has 1 heterocycles. The summed E-state index contributed by atoms with van der Waals surface area (Å²) in [5, 5.41) is 2.89. The third-order valence-corrected chi connectivity index (χ3v) is 4.25. The lowest BCUT2D eigenvalue weighted by atomic mass is 10.1. The number of thiophene rings is 1. The molecule has 0 unspecified atom stereocenters. The lowest BCUT2D eigenvalue weighted by molar-refractivity contribution is 1.51. The van der Waals surface area contributed by atoms with E-state index in [0.717, 1.165) is 4.88 Å². The SMILES string of the molecule is N/C(=C\C=C(/N)c1cccc(Cl)c1Cl)c1cccs1. The van der Waals surface area contributed by atoms with Crippen LogP contribution < -0.4 is 11.5 Å². The standard InChI is InChI=1S/C14H12Cl2N2S/c15-10-4-1-3-9(14(10)16)11(17)6-7-12(18)13-5-2-8-19-13/h1-8H,17-18H2/b11-6-,12-7-. The lowest BCUT2D eigenvalue weighted by Crippen LogP contribution is -1.98. The second-order valence-electron chi connectivity index (χ2n) is 3.82. The van der Waals surface area contributed by atoms with Crippen LogP contribution in [0.1, 0.15) is 10.4 Å². The van der Waals surface area contributed by atoms with Crippen LogP contribution in [-0.4, -0.2) is 0 Å². The molecule has 4 N–H and O–H groups in total. The van der Waals surface area contributed by atoms with E-state index in [1.165, 1.54) is 0 Å². The number of hydrogen-bond donors (Lipinski definition) is 2. The quantitative estimate of drug-likeness (QED) is 0.828. The topological polar surface area (TPSA) is 52.0 Å². The Balaban J connectivity index is 2.29. The maximum Gasteiger partial charge on any atom is 0.0685 e. The van der Waals surface area contributed by atoms with Crippen LogP contribution in [-0.2, 0) is 0 Å². The van der Waals surface area contributed by atoms with Gasteiger partial charge in [-0.3, -0.25) is 0 Å². The van der Waals surface area contributed by atoms with E-state index in [1.54, 1.807) is 35.6 Å². The van der Waals surface area contributed by atoms with Crippen LogP contribution in [0.3, 0.4) is 0 Å². The molecule has 98 valence electrons. The summed E-state index contributed by atoms with van der Waals surface area (Å²) < 4.78 is 0. The third kappa shape index (κ3) is 3.32. The fourth-order valence-electron chi connectivity index (χ4n) is 1.52. The van der Waals surface area contributed by atoms with Crippen molar-refractivity contribution >= 4 is 45.9 Å². The smallest absolute Gasteiger partial charge is 0.0685 e. The summed E-state index contributed by atoms with van der Waals surface area (Å²) in [6.07, 6.45) is 3.49. The van der Waals surface area contributed by atoms with Gasteiger partial charge in [0.15, 0.2) is 0 Å². The van der Waals surface area contributed by atoms with Gasteiger partial charge in [-0.1, -0.05) is 41.4 Å². The van der Waals surface area contributed by atoms with Crippen molar-refractivity contribution in [3.05, 3.63) is 68.3 Å². The summed E-state index contributed by atoms with van der Waals surface area (Å²) in [5.74, 6) is 0. The molecule has 5 heteroatoms. The minimum absolute atomic E-state index is 0.445. The molecular weight excluding hydrogens is 299 g/mol. The van der Waals surface area contributed by atoms with E-state index in [2.05, 4.69) is 0 Å². The van der Waals surface area contributed by atoms with Crippen LogP contribution in [0.5, 0.6) is 0 Å². The molecule has 0 aliphatic carbocycles. The minimum atomic E-state index is 0.445. The Labute approximate surface area is 125 Å². The number of benzene rings is 1. The molecule has 1 aromatic heterocycles. The molecule has 0 saturated carbocycles. The Morgan fingerprint density at radius 3 is 2.42 bits per heavy atom. The number of hydrogen-bond acceptors (Lipinski definition) is 3. The summed E-state index contributed by atoms with van der Waals surface area (Å²) in [5.41, 5.74) is 13.8. The van der Waals surface area contributed by atoms with Crippen molar-refractivity contribution in [1.29, 1.82) is 0 Å². The summed E-state index contributed by atoms with van der Waals surface area (Å²) in [7, 11) is 0. The molecule has 2 rings (SSSR count). The molecule has 0 aliphatic rings. The van der Waals surface area contributed by atoms with E-state index < -0.39 is 0 Å². The molecule has 0 fully saturated rings. The van der Waals surface area contributed by atoms with Crippen molar-refractivity contribution in [1.82, 2.24) is 0 Å². The highest BCUT2D eigenvalue weighted by molar-refractivity contribution is 7.11. The van der Waals surface area contributed by atoms with Crippen molar-refractivity contribution in [3.63, 3.8) is 0 Å². The average molecular weight is 311 g/mol. The number of halogens is 2. The average Bonchev–Trinajstić information content (AvgIpc) is 2.93. The molecule has 0 spiro atoms. The summed E-state index contributed by atoms with van der Waals surface area (Å²) in [6, 6.07) is 9.23. The van der Waals surface area contributed by atoms with Gasteiger partial charge in [-0.15, -0.1) is 11.3 Å². The molecule has 19 heavy (non-hydrogen) atoms. The van der Waals surface area contributed by atoms with E-state index >= 15 is 0 Å². The lowest BCUT2D eigenvalue weighted by Gasteiger charge is -2.05. The van der Waals surface area contributed by atoms with Gasteiger partial charge in [0.1, 0.15) is 0 Å². The van der Waals surface area contributed by atoms with Crippen LogP contribution in [0.25, 0.3) is 11.4 Å². The summed E-state index contributed by atoms with van der Waals surface area (Å²) in [4.78, 5) is 1.00. The summed E-state index contributed by atoms with van der Waals surface area (Å²) in [6.45, 7) is 0. The Kier molecular flexibility index (Phi) is 4.53. The largest absolute Gasteiger partial charge is 0.398 e. The van der Waals surface area contributed by atoms with Crippen molar-refractivity contribution in [3.8, 4) is 0 Å². The van der Waals surface area contributed by atoms with Crippen LogP contribution >= 0.6 is 34.5 Å². The molecular formula is C14H12Cl2N2S. The van der Waals surface area contributed by atoms with Gasteiger partial charge in [-0.05, 0) is 29.7 Å². The molecule has 1 aromatic carbocycles. The van der Waals surface area contributed by atoms with Crippen LogP contribution in [0.4, 0.5) is 0 Å². The van der Waals surface area contributed by atoms with Crippen LogP contribution in [0.15, 0.2) is 47.9 Å². The zero-order valence-electron chi connectivity index (χ0n) is 9.94. The van der Waals surface area contributed by atoms with Gasteiger partial charge in [0.25, 0.3) is 0 Å². The number of rotatable bonds is 3. The maximum atomic E-state index is 6.10. The van der Waals surface area contributed by atoms with E-state index in [1.807, 2.05) is 23.6 Å². The first-order chi connectivity index (χ1) is 9.09. The van der Waals surface area contributed by atoms with E-state index in [9.17, 15) is 0 Å². The molecule has 2 aromatic rings. The van der Waals surface area contributed by atoms with Gasteiger partial charge >= 0.3 is 0 Å². The second kappa shape index (κ2) is 6.15. The van der Waals surface area contributed by atoms with Crippen LogP contribution in [0.2, 0.25) is 10.0 Å². The van der Waals surface area contributed by atoms with Crippen molar-refractivity contribution in [2.75, 3.05) is 0 Å². The summed E-state index contributed by atoms with van der Waals surface area (Å²) >= 11 is 13.6. The Hall–Kier alpha value is -1.42. The number of nitrogens with two attached hydrogens (primary N) is 2. The fourth-order valence-corrected chi connectivity index (χ4v) is 2.60. The van der Waals surface area contributed by atoms with Gasteiger partial charge in [0.05, 0.1) is 10.0 Å². The molecule has 0 atom stereocenters. The first-order valence-electron chi connectivity index (χ1n) is 5.51. The fraction of sp³-hybridized carbons (Fsp3) is 0. The van der Waals surface area contributed by atoms with E-state index in [0.29, 0.717) is 27.0 Å². The molecule has 0 bridgehead atoms. The van der Waals surface area contributed by atoms with Crippen molar-refractivity contribution < 1.29 is 0 Å².